The molecule has 20 heavy (non-hydrogen) atoms. The maximum Gasteiger partial charge on any atom is 0.356 e. The summed E-state index contributed by atoms with van der Waals surface area (Å²) in [7, 11) is 0. The summed E-state index contributed by atoms with van der Waals surface area (Å²) < 4.78 is 0. The van der Waals surface area contributed by atoms with Crippen molar-refractivity contribution in [3.05, 3.63) is 18.1 Å². The fourth-order valence-corrected chi connectivity index (χ4v) is 3.86. The normalized spacial score (nSPS) is 32.4. The third kappa shape index (κ3) is 1.86. The van der Waals surface area contributed by atoms with Crippen LogP contribution in [0, 0.1) is 11.8 Å². The first-order valence-corrected chi connectivity index (χ1v) is 7.28. The molecule has 3 fully saturated rings. The fourth-order valence-electron chi connectivity index (χ4n) is 3.86. The van der Waals surface area contributed by atoms with Crippen molar-refractivity contribution in [3.8, 4) is 0 Å². The van der Waals surface area contributed by atoms with Crippen LogP contribution in [0.4, 0.5) is 5.82 Å². The maximum absolute atomic E-state index is 10.8. The molecule has 1 saturated carbocycles. The van der Waals surface area contributed by atoms with E-state index in [1.165, 1.54) is 32.1 Å². The molecule has 3 aliphatic rings. The van der Waals surface area contributed by atoms with E-state index in [0.717, 1.165) is 36.8 Å². The van der Waals surface area contributed by atoms with E-state index in [-0.39, 0.29) is 5.69 Å². The van der Waals surface area contributed by atoms with Gasteiger partial charge in [0, 0.05) is 19.1 Å². The van der Waals surface area contributed by atoms with Gasteiger partial charge in [-0.25, -0.2) is 14.8 Å². The Morgan fingerprint density at radius 2 is 1.85 bits per heavy atom. The Bertz CT molecular complexity index is 514. The van der Waals surface area contributed by atoms with Gasteiger partial charge in [-0.2, -0.15) is 0 Å². The van der Waals surface area contributed by atoms with E-state index in [1.807, 2.05) is 0 Å². The number of rotatable bonds is 3. The molecule has 0 spiro atoms. The largest absolute Gasteiger partial charge is 0.476 e. The molecule has 0 bridgehead atoms. The molecule has 2 unspecified atom stereocenters. The van der Waals surface area contributed by atoms with Crippen molar-refractivity contribution in [2.45, 2.75) is 18.9 Å². The van der Waals surface area contributed by atoms with Crippen molar-refractivity contribution in [1.29, 1.82) is 0 Å². The Labute approximate surface area is 117 Å². The lowest BCUT2D eigenvalue weighted by Crippen LogP contribution is -2.33. The number of nitrogens with zero attached hydrogens (tertiary/aromatic N) is 4. The molecule has 1 aromatic heterocycles. The quantitative estimate of drug-likeness (QED) is 0.875. The molecule has 106 valence electrons. The van der Waals surface area contributed by atoms with E-state index in [0.29, 0.717) is 0 Å². The molecule has 2 saturated heterocycles. The lowest BCUT2D eigenvalue weighted by atomic mass is 10.3. The molecule has 2 atom stereocenters. The lowest BCUT2D eigenvalue weighted by Gasteiger charge is -2.24. The zero-order valence-electron chi connectivity index (χ0n) is 11.3. The summed E-state index contributed by atoms with van der Waals surface area (Å²) in [6.45, 7) is 4.61. The first-order chi connectivity index (χ1) is 9.74. The van der Waals surface area contributed by atoms with Crippen LogP contribution in [-0.4, -0.2) is 58.2 Å². The third-order valence-electron chi connectivity index (χ3n) is 4.89. The van der Waals surface area contributed by atoms with Gasteiger partial charge < -0.3 is 10.0 Å². The Morgan fingerprint density at radius 3 is 2.40 bits per heavy atom. The number of piperidine rings is 1. The van der Waals surface area contributed by atoms with Crippen LogP contribution in [0.2, 0.25) is 0 Å². The number of hydrogen-bond acceptors (Lipinski definition) is 5. The van der Waals surface area contributed by atoms with E-state index >= 15 is 0 Å². The minimum absolute atomic E-state index is 0.00745. The first-order valence-electron chi connectivity index (χ1n) is 7.28. The second kappa shape index (κ2) is 4.41. The predicted molar refractivity (Wildman–Crippen MR) is 72.8 cm³/mol. The molecule has 0 radical (unpaired) electrons. The highest BCUT2D eigenvalue weighted by atomic mass is 16.4. The number of aromatic carboxylic acids is 1. The summed E-state index contributed by atoms with van der Waals surface area (Å²) in [5.74, 6) is 1.33. The van der Waals surface area contributed by atoms with Gasteiger partial charge >= 0.3 is 5.97 Å². The summed E-state index contributed by atoms with van der Waals surface area (Å²) in [5.41, 5.74) is 0.00745. The number of carboxylic acid groups (broad SMARTS) is 1. The summed E-state index contributed by atoms with van der Waals surface area (Å²) in [4.78, 5) is 23.8. The van der Waals surface area contributed by atoms with Crippen LogP contribution >= 0.6 is 0 Å². The minimum atomic E-state index is -1.03. The number of carboxylic acids is 1. The van der Waals surface area contributed by atoms with Crippen LogP contribution in [0.1, 0.15) is 23.3 Å². The molecule has 0 amide bonds. The van der Waals surface area contributed by atoms with Crippen LogP contribution in [0.25, 0.3) is 0 Å². The van der Waals surface area contributed by atoms with Crippen LogP contribution in [-0.2, 0) is 0 Å². The van der Waals surface area contributed by atoms with Gasteiger partial charge in [-0.3, -0.25) is 4.90 Å². The van der Waals surface area contributed by atoms with E-state index in [2.05, 4.69) is 19.8 Å². The molecule has 3 heterocycles. The molecule has 1 aliphatic carbocycles. The summed E-state index contributed by atoms with van der Waals surface area (Å²) in [5, 5.41) is 8.82. The molecular formula is C14H18N4O2. The van der Waals surface area contributed by atoms with Crippen molar-refractivity contribution in [2.75, 3.05) is 31.1 Å². The number of anilines is 1. The van der Waals surface area contributed by atoms with Gasteiger partial charge in [0.25, 0.3) is 0 Å². The van der Waals surface area contributed by atoms with Crippen molar-refractivity contribution < 1.29 is 9.90 Å². The highest BCUT2D eigenvalue weighted by Crippen LogP contribution is 2.50. The van der Waals surface area contributed by atoms with Crippen molar-refractivity contribution in [3.63, 3.8) is 0 Å². The SMILES string of the molecule is O=C(O)c1cnc(N2CC3C(C2)C3N2CCCC2)cn1. The van der Waals surface area contributed by atoms with Crippen LogP contribution < -0.4 is 4.90 Å². The van der Waals surface area contributed by atoms with Gasteiger partial charge in [-0.15, -0.1) is 0 Å². The zero-order valence-corrected chi connectivity index (χ0v) is 11.3. The minimum Gasteiger partial charge on any atom is -0.476 e. The molecular weight excluding hydrogens is 256 g/mol. The smallest absolute Gasteiger partial charge is 0.356 e. The van der Waals surface area contributed by atoms with Gasteiger partial charge in [0.15, 0.2) is 5.69 Å². The van der Waals surface area contributed by atoms with Gasteiger partial charge in [-0.05, 0) is 37.8 Å². The molecule has 4 rings (SSSR count). The number of hydrogen-bond donors (Lipinski definition) is 1. The van der Waals surface area contributed by atoms with E-state index in [1.54, 1.807) is 6.20 Å². The van der Waals surface area contributed by atoms with Crippen molar-refractivity contribution in [1.82, 2.24) is 14.9 Å². The van der Waals surface area contributed by atoms with Gasteiger partial charge in [0.05, 0.1) is 12.4 Å². The number of likely N-dealkylation sites (tertiary alicyclic amines) is 1. The van der Waals surface area contributed by atoms with E-state index in [9.17, 15) is 4.79 Å². The highest BCUT2D eigenvalue weighted by Gasteiger charge is 2.58. The Kier molecular flexibility index (Phi) is 2.66. The standard InChI is InChI=1S/C14H18N4O2/c19-14(20)11-5-16-12(6-15-11)18-7-9-10(8-18)13(9)17-3-1-2-4-17/h5-6,9-10,13H,1-4,7-8H2,(H,19,20). The molecule has 1 aromatic rings. The molecule has 2 aliphatic heterocycles. The summed E-state index contributed by atoms with van der Waals surface area (Å²) >= 11 is 0. The molecule has 0 aromatic carbocycles. The summed E-state index contributed by atoms with van der Waals surface area (Å²) in [6, 6.07) is 0.792. The van der Waals surface area contributed by atoms with E-state index in [4.69, 9.17) is 5.11 Å². The average molecular weight is 274 g/mol. The Balaban J connectivity index is 1.40. The third-order valence-corrected chi connectivity index (χ3v) is 4.89. The molecule has 1 N–H and O–H groups in total. The van der Waals surface area contributed by atoms with Crippen molar-refractivity contribution in [2.24, 2.45) is 11.8 Å². The second-order valence-corrected chi connectivity index (χ2v) is 6.03. The Morgan fingerprint density at radius 1 is 1.15 bits per heavy atom. The van der Waals surface area contributed by atoms with Crippen LogP contribution in [0.5, 0.6) is 0 Å². The topological polar surface area (TPSA) is 69.6 Å². The number of aromatic nitrogens is 2. The molecule has 6 nitrogen and oxygen atoms in total. The van der Waals surface area contributed by atoms with Crippen molar-refractivity contribution >= 4 is 11.8 Å². The van der Waals surface area contributed by atoms with Gasteiger partial charge in [-0.1, -0.05) is 0 Å². The number of carbonyl (C=O) groups is 1. The van der Waals surface area contributed by atoms with Gasteiger partial charge in [0.2, 0.25) is 0 Å². The lowest BCUT2D eigenvalue weighted by molar-refractivity contribution is 0.0690. The Hall–Kier alpha value is -1.69. The number of fused-ring (bicyclic) bond motifs is 1. The first kappa shape index (κ1) is 12.1. The second-order valence-electron chi connectivity index (χ2n) is 6.03. The van der Waals surface area contributed by atoms with Gasteiger partial charge in [0.1, 0.15) is 5.82 Å². The average Bonchev–Trinajstić information content (AvgIpc) is 2.92. The monoisotopic (exact) mass is 274 g/mol. The zero-order chi connectivity index (χ0) is 13.7. The van der Waals surface area contributed by atoms with Crippen LogP contribution in [0.3, 0.4) is 0 Å². The highest BCUT2D eigenvalue weighted by molar-refractivity contribution is 5.84. The molecule has 6 heteroatoms. The van der Waals surface area contributed by atoms with Crippen LogP contribution in [0.15, 0.2) is 12.4 Å². The maximum atomic E-state index is 10.8. The van der Waals surface area contributed by atoms with E-state index < -0.39 is 5.97 Å². The summed E-state index contributed by atoms with van der Waals surface area (Å²) in [6.07, 6.45) is 5.63. The predicted octanol–water partition coefficient (Wildman–Crippen LogP) is 0.705. The fraction of sp³-hybridized carbons (Fsp3) is 0.643.